The molecule has 0 aliphatic rings. The first-order valence-electron chi connectivity index (χ1n) is 5.89. The van der Waals surface area contributed by atoms with E-state index in [0.717, 1.165) is 0 Å². The second kappa shape index (κ2) is 5.65. The summed E-state index contributed by atoms with van der Waals surface area (Å²) in [6.07, 6.45) is 0. The lowest BCUT2D eigenvalue weighted by Crippen LogP contribution is -2.41. The molecule has 0 aliphatic heterocycles. The highest BCUT2D eigenvalue weighted by atomic mass is 32.3. The summed E-state index contributed by atoms with van der Waals surface area (Å²) in [7, 11) is -5.00. The molecule has 0 heterocycles. The van der Waals surface area contributed by atoms with Gasteiger partial charge in [-0.15, -0.1) is 0 Å². The molecule has 21 heavy (non-hydrogen) atoms. The minimum absolute atomic E-state index is 0.0707. The molecule has 6 nitrogen and oxygen atoms in total. The van der Waals surface area contributed by atoms with Crippen molar-refractivity contribution >= 4 is 16.4 Å². The summed E-state index contributed by atoms with van der Waals surface area (Å²) in [4.78, 5) is 11.8. The molecule has 0 spiro atoms. The van der Waals surface area contributed by atoms with E-state index in [1.54, 1.807) is 36.4 Å². The van der Waals surface area contributed by atoms with E-state index in [2.05, 4.69) is 4.18 Å². The van der Waals surface area contributed by atoms with Gasteiger partial charge in [-0.2, -0.15) is 8.42 Å². The van der Waals surface area contributed by atoms with E-state index in [1.165, 1.54) is 24.3 Å². The lowest BCUT2D eigenvalue weighted by molar-refractivity contribution is -0.152. The van der Waals surface area contributed by atoms with Crippen molar-refractivity contribution in [3.63, 3.8) is 0 Å². The van der Waals surface area contributed by atoms with Crippen LogP contribution in [0.3, 0.4) is 0 Å². The molecule has 2 aromatic carbocycles. The van der Waals surface area contributed by atoms with Gasteiger partial charge in [-0.05, 0) is 0 Å². The molecule has 2 aromatic rings. The maximum Gasteiger partial charge on any atom is 0.399 e. The maximum absolute atomic E-state index is 11.8. The Hall–Kier alpha value is -2.22. The monoisotopic (exact) mass is 308 g/mol. The molecule has 2 rings (SSSR count). The average Bonchev–Trinajstić information content (AvgIpc) is 2.45. The third kappa shape index (κ3) is 3.10. The number of carboxylic acid groups (broad SMARTS) is 1. The Morgan fingerprint density at radius 1 is 0.905 bits per heavy atom. The Labute approximate surface area is 121 Å². The second-order valence-corrected chi connectivity index (χ2v) is 5.25. The number of benzene rings is 2. The van der Waals surface area contributed by atoms with Gasteiger partial charge in [0, 0.05) is 11.1 Å². The summed E-state index contributed by atoms with van der Waals surface area (Å²) in [5, 5.41) is 9.59. The van der Waals surface area contributed by atoms with E-state index in [1.807, 2.05) is 0 Å². The summed E-state index contributed by atoms with van der Waals surface area (Å²) in [6.45, 7) is 0. The molecule has 0 aliphatic carbocycles. The minimum Gasteiger partial charge on any atom is -0.479 e. The summed E-state index contributed by atoms with van der Waals surface area (Å²) in [5.74, 6) is -1.56. The van der Waals surface area contributed by atoms with E-state index in [-0.39, 0.29) is 11.1 Å². The van der Waals surface area contributed by atoms with Crippen molar-refractivity contribution in [2.24, 2.45) is 0 Å². The van der Waals surface area contributed by atoms with Crippen LogP contribution in [0.4, 0.5) is 0 Å². The molecule has 0 amide bonds. The molecule has 0 aromatic heterocycles. The SMILES string of the molecule is O=C(O)C(OS(=O)(=O)O)(c1ccccc1)c1ccccc1. The summed E-state index contributed by atoms with van der Waals surface area (Å²) >= 11 is 0. The Morgan fingerprint density at radius 3 is 1.57 bits per heavy atom. The largest absolute Gasteiger partial charge is 0.479 e. The second-order valence-electron chi connectivity index (χ2n) is 4.23. The maximum atomic E-state index is 11.8. The fourth-order valence-electron chi connectivity index (χ4n) is 2.05. The van der Waals surface area contributed by atoms with Crippen LogP contribution in [-0.4, -0.2) is 24.0 Å². The van der Waals surface area contributed by atoms with Crippen molar-refractivity contribution in [1.29, 1.82) is 0 Å². The highest BCUT2D eigenvalue weighted by molar-refractivity contribution is 7.81. The molecular weight excluding hydrogens is 296 g/mol. The molecule has 0 atom stereocenters. The highest BCUT2D eigenvalue weighted by Crippen LogP contribution is 2.35. The lowest BCUT2D eigenvalue weighted by Gasteiger charge is -2.28. The van der Waals surface area contributed by atoms with Gasteiger partial charge in [0.25, 0.3) is 0 Å². The van der Waals surface area contributed by atoms with Crippen molar-refractivity contribution in [3.05, 3.63) is 71.8 Å². The molecule has 0 unspecified atom stereocenters. The van der Waals surface area contributed by atoms with Gasteiger partial charge in [0.1, 0.15) is 0 Å². The molecule has 0 saturated heterocycles. The Bertz CT molecular complexity index is 685. The zero-order valence-corrected chi connectivity index (χ0v) is 11.5. The van der Waals surface area contributed by atoms with Crippen molar-refractivity contribution in [2.45, 2.75) is 5.60 Å². The quantitative estimate of drug-likeness (QED) is 0.817. The minimum atomic E-state index is -5.00. The first kappa shape index (κ1) is 15.2. The van der Waals surface area contributed by atoms with Gasteiger partial charge in [-0.1, -0.05) is 60.7 Å². The zero-order chi connectivity index (χ0) is 15.5. The van der Waals surface area contributed by atoms with Gasteiger partial charge < -0.3 is 5.11 Å². The van der Waals surface area contributed by atoms with Gasteiger partial charge in [-0.25, -0.2) is 8.98 Å². The normalized spacial score (nSPS) is 12.0. The van der Waals surface area contributed by atoms with Crippen LogP contribution < -0.4 is 0 Å². The van der Waals surface area contributed by atoms with Gasteiger partial charge in [0.05, 0.1) is 0 Å². The summed E-state index contributed by atoms with van der Waals surface area (Å²) in [5.41, 5.74) is -2.21. The number of hydrogen-bond donors (Lipinski definition) is 2. The third-order valence-corrected chi connectivity index (χ3v) is 3.35. The smallest absolute Gasteiger partial charge is 0.399 e. The van der Waals surface area contributed by atoms with E-state index >= 15 is 0 Å². The van der Waals surface area contributed by atoms with Gasteiger partial charge in [0.15, 0.2) is 0 Å². The Morgan fingerprint density at radius 2 is 1.29 bits per heavy atom. The first-order chi connectivity index (χ1) is 9.86. The van der Waals surface area contributed by atoms with E-state index in [9.17, 15) is 18.3 Å². The van der Waals surface area contributed by atoms with Crippen LogP contribution in [0.15, 0.2) is 60.7 Å². The van der Waals surface area contributed by atoms with E-state index in [0.29, 0.717) is 0 Å². The predicted molar refractivity (Wildman–Crippen MR) is 73.9 cm³/mol. The summed E-state index contributed by atoms with van der Waals surface area (Å²) in [6, 6.07) is 15.1. The summed E-state index contributed by atoms with van der Waals surface area (Å²) < 4.78 is 35.9. The van der Waals surface area contributed by atoms with Crippen LogP contribution in [0.25, 0.3) is 0 Å². The van der Waals surface area contributed by atoms with Gasteiger partial charge in [-0.3, -0.25) is 4.55 Å². The molecule has 0 radical (unpaired) electrons. The first-order valence-corrected chi connectivity index (χ1v) is 7.25. The number of hydrogen-bond acceptors (Lipinski definition) is 4. The van der Waals surface area contributed by atoms with Crippen molar-refractivity contribution in [2.75, 3.05) is 0 Å². The van der Waals surface area contributed by atoms with Gasteiger partial charge >= 0.3 is 16.4 Å². The standard InChI is InChI=1S/C14H12O6S/c15-13(16)14(20-21(17,18)19,11-7-3-1-4-8-11)12-9-5-2-6-10-12/h1-10H,(H,15,16)(H,17,18,19). The third-order valence-electron chi connectivity index (χ3n) is 2.89. The van der Waals surface area contributed by atoms with Crippen LogP contribution >= 0.6 is 0 Å². The van der Waals surface area contributed by atoms with Crippen LogP contribution in [0, 0.1) is 0 Å². The van der Waals surface area contributed by atoms with E-state index in [4.69, 9.17) is 4.55 Å². The predicted octanol–water partition coefficient (Wildman–Crippen LogP) is 1.83. The number of carbonyl (C=O) groups is 1. The molecule has 110 valence electrons. The highest BCUT2D eigenvalue weighted by Gasteiger charge is 2.47. The Kier molecular flexibility index (Phi) is 4.08. The fraction of sp³-hybridized carbons (Fsp3) is 0.0714. The van der Waals surface area contributed by atoms with Crippen molar-refractivity contribution < 1.29 is 27.1 Å². The van der Waals surface area contributed by atoms with Crippen molar-refractivity contribution in [3.8, 4) is 0 Å². The van der Waals surface area contributed by atoms with Crippen LogP contribution in [0.2, 0.25) is 0 Å². The zero-order valence-electron chi connectivity index (χ0n) is 10.7. The number of carboxylic acids is 1. The molecule has 0 fully saturated rings. The van der Waals surface area contributed by atoms with Crippen LogP contribution in [-0.2, 0) is 25.0 Å². The average molecular weight is 308 g/mol. The number of rotatable bonds is 5. The van der Waals surface area contributed by atoms with Crippen LogP contribution in [0.5, 0.6) is 0 Å². The van der Waals surface area contributed by atoms with Crippen molar-refractivity contribution in [1.82, 2.24) is 0 Å². The lowest BCUT2D eigenvalue weighted by atomic mass is 9.86. The Balaban J connectivity index is 2.76. The molecule has 7 heteroatoms. The van der Waals surface area contributed by atoms with Gasteiger partial charge in [0.2, 0.25) is 5.60 Å². The topological polar surface area (TPSA) is 101 Å². The van der Waals surface area contributed by atoms with Crippen LogP contribution in [0.1, 0.15) is 11.1 Å². The molecule has 0 bridgehead atoms. The van der Waals surface area contributed by atoms with E-state index < -0.39 is 22.0 Å². The number of aliphatic carboxylic acids is 1. The molecule has 0 saturated carbocycles. The molecular formula is C14H12O6S. The molecule has 2 N–H and O–H groups in total. The fourth-order valence-corrected chi connectivity index (χ4v) is 2.63.